The van der Waals surface area contributed by atoms with E-state index in [0.29, 0.717) is 15.8 Å². The summed E-state index contributed by atoms with van der Waals surface area (Å²) in [5, 5.41) is 0. The van der Waals surface area contributed by atoms with E-state index >= 15 is 0 Å². The molecule has 0 radical (unpaired) electrons. The average molecular weight is 377 g/mol. The Morgan fingerprint density at radius 1 is 1.12 bits per heavy atom. The van der Waals surface area contributed by atoms with E-state index in [1.807, 2.05) is 23.1 Å². The van der Waals surface area contributed by atoms with E-state index in [2.05, 4.69) is 24.1 Å². The van der Waals surface area contributed by atoms with E-state index < -0.39 is 0 Å². The molecule has 1 aliphatic rings. The first-order valence-corrected chi connectivity index (χ1v) is 9.55. The minimum Gasteiger partial charge on any atom is -0.333 e. The normalized spacial score (nSPS) is 18.3. The minimum absolute atomic E-state index is 0.0179. The van der Waals surface area contributed by atoms with Gasteiger partial charge in [-0.05, 0) is 24.7 Å². The molecule has 0 aliphatic carbocycles. The van der Waals surface area contributed by atoms with E-state index in [1.165, 1.54) is 11.3 Å². The molecule has 3 rings (SSSR count). The van der Waals surface area contributed by atoms with Crippen LogP contribution >= 0.6 is 22.9 Å². The molecule has 25 heavy (non-hydrogen) atoms. The van der Waals surface area contributed by atoms with E-state index in [4.69, 9.17) is 11.6 Å². The van der Waals surface area contributed by atoms with Crippen LogP contribution in [0, 0.1) is 0 Å². The molecule has 1 fully saturated rings. The first-order chi connectivity index (χ1) is 12.0. The number of halogens is 1. The second kappa shape index (κ2) is 8.13. The quantitative estimate of drug-likeness (QED) is 0.743. The molecule has 132 valence electrons. The van der Waals surface area contributed by atoms with Crippen LogP contribution in [-0.2, 0) is 4.79 Å². The van der Waals surface area contributed by atoms with Gasteiger partial charge in [-0.3, -0.25) is 9.59 Å². The fourth-order valence-electron chi connectivity index (χ4n) is 3.13. The smallest absolute Gasteiger partial charge is 0.223 e. The lowest BCUT2D eigenvalue weighted by molar-refractivity contribution is -0.136. The molecular formula is C19H21ClN2O2S. The predicted octanol–water partition coefficient (Wildman–Crippen LogP) is 3.88. The molecule has 1 atom stereocenters. The zero-order chi connectivity index (χ0) is 17.8. The van der Waals surface area contributed by atoms with Crippen LogP contribution in [0.2, 0.25) is 4.34 Å². The van der Waals surface area contributed by atoms with Crippen molar-refractivity contribution >= 4 is 34.6 Å². The Bertz CT molecular complexity index is 747. The van der Waals surface area contributed by atoms with Crippen molar-refractivity contribution in [3.63, 3.8) is 0 Å². The molecule has 1 aliphatic heterocycles. The van der Waals surface area contributed by atoms with Gasteiger partial charge >= 0.3 is 0 Å². The topological polar surface area (TPSA) is 40.6 Å². The van der Waals surface area contributed by atoms with Crippen LogP contribution in [0.25, 0.3) is 0 Å². The van der Waals surface area contributed by atoms with Crippen LogP contribution in [0.15, 0.2) is 42.5 Å². The van der Waals surface area contributed by atoms with Crippen LogP contribution in [0.4, 0.5) is 0 Å². The summed E-state index contributed by atoms with van der Waals surface area (Å²) in [5.74, 6) is 0.0218. The van der Waals surface area contributed by atoms with Gasteiger partial charge in [-0.2, -0.15) is 0 Å². The van der Waals surface area contributed by atoms with Crippen LogP contribution in [0.1, 0.15) is 34.1 Å². The van der Waals surface area contributed by atoms with Crippen LogP contribution < -0.4 is 0 Å². The van der Waals surface area contributed by atoms with Crippen molar-refractivity contribution in [1.29, 1.82) is 0 Å². The summed E-state index contributed by atoms with van der Waals surface area (Å²) in [6.45, 7) is 2.35. The number of rotatable bonds is 5. The number of benzene rings is 1. The molecule has 0 bridgehead atoms. The second-order valence-electron chi connectivity index (χ2n) is 6.30. The van der Waals surface area contributed by atoms with Gasteiger partial charge in [0.05, 0.1) is 15.3 Å². The number of likely N-dealkylation sites (N-methyl/N-ethyl adjacent to an activating group) is 1. The Kier molecular flexibility index (Phi) is 5.89. The lowest BCUT2D eigenvalue weighted by Crippen LogP contribution is -2.49. The Morgan fingerprint density at radius 2 is 1.88 bits per heavy atom. The van der Waals surface area contributed by atoms with Gasteiger partial charge in [0.1, 0.15) is 0 Å². The Labute approximate surface area is 157 Å². The maximum Gasteiger partial charge on any atom is 0.223 e. The van der Waals surface area contributed by atoms with Crippen LogP contribution in [0.3, 0.4) is 0 Å². The Hall–Kier alpha value is -1.69. The van der Waals surface area contributed by atoms with Crippen molar-refractivity contribution in [1.82, 2.24) is 9.80 Å². The number of amides is 1. The SMILES string of the molecule is CN1CCN(C(=O)CCC(=O)c2ccc(Cl)s2)[C@H](c2ccccc2)C1. The predicted molar refractivity (Wildman–Crippen MR) is 101 cm³/mol. The number of Topliss-reactive ketones (excluding diaryl/α,β-unsaturated/α-hetero) is 1. The fourth-order valence-corrected chi connectivity index (χ4v) is 4.14. The van der Waals surface area contributed by atoms with Gasteiger partial charge in [-0.15, -0.1) is 11.3 Å². The molecule has 2 heterocycles. The van der Waals surface area contributed by atoms with Crippen molar-refractivity contribution in [2.24, 2.45) is 0 Å². The minimum atomic E-state index is -0.0179. The number of nitrogens with zero attached hydrogens (tertiary/aromatic N) is 2. The third-order valence-electron chi connectivity index (χ3n) is 4.50. The molecule has 0 N–H and O–H groups in total. The number of carbonyl (C=O) groups excluding carboxylic acids is 2. The molecule has 0 saturated carbocycles. The van der Waals surface area contributed by atoms with Gasteiger partial charge in [-0.25, -0.2) is 0 Å². The van der Waals surface area contributed by atoms with Crippen molar-refractivity contribution in [3.05, 3.63) is 57.2 Å². The highest BCUT2D eigenvalue weighted by molar-refractivity contribution is 7.18. The monoisotopic (exact) mass is 376 g/mol. The molecule has 2 aromatic rings. The molecule has 6 heteroatoms. The lowest BCUT2D eigenvalue weighted by atomic mass is 10.0. The summed E-state index contributed by atoms with van der Waals surface area (Å²) >= 11 is 7.14. The number of thiophene rings is 1. The van der Waals surface area contributed by atoms with E-state index in [1.54, 1.807) is 12.1 Å². The van der Waals surface area contributed by atoms with Gasteiger partial charge < -0.3 is 9.80 Å². The largest absolute Gasteiger partial charge is 0.333 e. The second-order valence-corrected chi connectivity index (χ2v) is 8.02. The molecular weight excluding hydrogens is 356 g/mol. The highest BCUT2D eigenvalue weighted by Crippen LogP contribution is 2.27. The third-order valence-corrected chi connectivity index (χ3v) is 5.77. The van der Waals surface area contributed by atoms with Crippen LogP contribution in [0.5, 0.6) is 0 Å². The van der Waals surface area contributed by atoms with E-state index in [-0.39, 0.29) is 30.6 Å². The van der Waals surface area contributed by atoms with Crippen molar-refractivity contribution < 1.29 is 9.59 Å². The first-order valence-electron chi connectivity index (χ1n) is 8.36. The van der Waals surface area contributed by atoms with Crippen molar-refractivity contribution in [2.45, 2.75) is 18.9 Å². The number of hydrogen-bond acceptors (Lipinski definition) is 4. The zero-order valence-electron chi connectivity index (χ0n) is 14.2. The maximum absolute atomic E-state index is 12.8. The molecule has 1 amide bonds. The number of hydrogen-bond donors (Lipinski definition) is 0. The number of piperazine rings is 1. The van der Waals surface area contributed by atoms with Crippen LogP contribution in [-0.4, -0.2) is 48.2 Å². The van der Waals surface area contributed by atoms with E-state index in [0.717, 1.165) is 18.7 Å². The number of ketones is 1. The van der Waals surface area contributed by atoms with Gasteiger partial charge in [-0.1, -0.05) is 41.9 Å². The van der Waals surface area contributed by atoms with Crippen molar-refractivity contribution in [2.75, 3.05) is 26.7 Å². The van der Waals surface area contributed by atoms with Gasteiger partial charge in [0.15, 0.2) is 5.78 Å². The summed E-state index contributed by atoms with van der Waals surface area (Å²) < 4.78 is 0.595. The maximum atomic E-state index is 12.8. The summed E-state index contributed by atoms with van der Waals surface area (Å²) in [7, 11) is 2.07. The number of carbonyl (C=O) groups is 2. The summed E-state index contributed by atoms with van der Waals surface area (Å²) in [5.41, 5.74) is 1.14. The molecule has 0 unspecified atom stereocenters. The third kappa shape index (κ3) is 4.48. The van der Waals surface area contributed by atoms with E-state index in [9.17, 15) is 9.59 Å². The summed E-state index contributed by atoms with van der Waals surface area (Å²) in [6.07, 6.45) is 0.463. The molecule has 1 aromatic heterocycles. The van der Waals surface area contributed by atoms with Gasteiger partial charge in [0.25, 0.3) is 0 Å². The lowest BCUT2D eigenvalue weighted by Gasteiger charge is -2.40. The molecule has 1 aromatic carbocycles. The summed E-state index contributed by atoms with van der Waals surface area (Å²) in [6, 6.07) is 13.6. The average Bonchev–Trinajstić information content (AvgIpc) is 3.06. The summed E-state index contributed by atoms with van der Waals surface area (Å²) in [4.78, 5) is 29.8. The fraction of sp³-hybridized carbons (Fsp3) is 0.368. The standard InChI is InChI=1S/C19H21ClN2O2S/c1-21-11-12-22(15(13-21)14-5-3-2-4-6-14)19(24)10-7-16(23)17-8-9-18(20)25-17/h2-6,8-9,15H,7,10-13H2,1H3/t15-/m0/s1. The van der Waals surface area contributed by atoms with Gasteiger partial charge in [0.2, 0.25) is 5.91 Å². The molecule has 1 saturated heterocycles. The highest BCUT2D eigenvalue weighted by atomic mass is 35.5. The molecule has 4 nitrogen and oxygen atoms in total. The zero-order valence-corrected chi connectivity index (χ0v) is 15.7. The molecule has 0 spiro atoms. The Morgan fingerprint density at radius 3 is 2.56 bits per heavy atom. The van der Waals surface area contributed by atoms with Crippen molar-refractivity contribution in [3.8, 4) is 0 Å². The Balaban J connectivity index is 1.66. The van der Waals surface area contributed by atoms with Gasteiger partial charge in [0, 0.05) is 32.5 Å². The highest BCUT2D eigenvalue weighted by Gasteiger charge is 2.30. The first kappa shape index (κ1) is 18.1.